The number of aliphatic hydroxyl groups is 1. The number of hydrogen-bond donors (Lipinski definition) is 3. The van der Waals surface area contributed by atoms with Crippen molar-refractivity contribution >= 4 is 27.3 Å². The van der Waals surface area contributed by atoms with Gasteiger partial charge in [-0.05, 0) is 85.1 Å². The van der Waals surface area contributed by atoms with E-state index in [0.29, 0.717) is 47.5 Å². The highest BCUT2D eigenvalue weighted by Crippen LogP contribution is 2.22. The first-order valence-corrected chi connectivity index (χ1v) is 15.3. The van der Waals surface area contributed by atoms with E-state index in [1.807, 2.05) is 42.5 Å². The summed E-state index contributed by atoms with van der Waals surface area (Å²) in [5, 5.41) is 18.2. The third-order valence-electron chi connectivity index (χ3n) is 6.64. The quantitative estimate of drug-likeness (QED) is 0.156. The average molecular weight is 604 g/mol. The van der Waals surface area contributed by atoms with Gasteiger partial charge in [-0.2, -0.15) is 4.98 Å². The van der Waals surface area contributed by atoms with E-state index in [1.54, 1.807) is 42.7 Å². The number of aromatic nitrogens is 3. The minimum absolute atomic E-state index is 0.123. The fourth-order valence-corrected chi connectivity index (χ4v) is 5.46. The number of pyridine rings is 1. The second-order valence-electron chi connectivity index (χ2n) is 9.72. The predicted octanol–water partition coefficient (Wildman–Crippen LogP) is 5.24. The van der Waals surface area contributed by atoms with Crippen molar-refractivity contribution in [1.29, 1.82) is 0 Å². The van der Waals surface area contributed by atoms with Gasteiger partial charge in [0.05, 0.1) is 11.0 Å². The molecule has 1 unspecified atom stereocenters. The van der Waals surface area contributed by atoms with Gasteiger partial charge in [0, 0.05) is 47.2 Å². The van der Waals surface area contributed by atoms with Crippen LogP contribution in [0.25, 0.3) is 11.4 Å². The zero-order valence-corrected chi connectivity index (χ0v) is 24.2. The lowest BCUT2D eigenvalue weighted by molar-refractivity contribution is 0.174. The second-order valence-corrected chi connectivity index (χ2v) is 11.8. The fourth-order valence-electron chi connectivity index (χ4n) is 4.28. The van der Waals surface area contributed by atoms with Gasteiger partial charge in [0.1, 0.15) is 0 Å². The molecule has 42 heavy (non-hydrogen) atoms. The van der Waals surface area contributed by atoms with Crippen LogP contribution in [0.5, 0.6) is 0 Å². The summed E-state index contributed by atoms with van der Waals surface area (Å²) < 4.78 is 33.9. The minimum Gasteiger partial charge on any atom is -0.387 e. The van der Waals surface area contributed by atoms with Crippen LogP contribution in [0.4, 0.5) is 5.69 Å². The lowest BCUT2D eigenvalue weighted by Gasteiger charge is -2.12. The zero-order valence-electron chi connectivity index (χ0n) is 22.7. The van der Waals surface area contributed by atoms with E-state index >= 15 is 0 Å². The molecular formula is C31H30ClN5O4S. The fraction of sp³-hybridized carbons (Fsp3) is 0.194. The van der Waals surface area contributed by atoms with Gasteiger partial charge in [0.15, 0.2) is 0 Å². The molecule has 0 aliphatic carbocycles. The standard InChI is InChI=1S/C31H30ClN5O4S/c32-26-10-3-22(4-11-26)7-16-30-35-31(36-41-30)24-8-14-28(15-9-24)42(39,40)37-27-12-5-23(6-13-27)17-19-34-21-29(38)25-2-1-18-33-20-25/h1-6,8-15,18,20,29,34,37-38H,7,16-17,19,21H2. The molecule has 5 rings (SSSR count). The number of rotatable bonds is 13. The molecule has 216 valence electrons. The molecule has 9 nitrogen and oxygen atoms in total. The molecule has 0 spiro atoms. The van der Waals surface area contributed by atoms with Crippen molar-refractivity contribution in [2.24, 2.45) is 0 Å². The molecule has 0 saturated heterocycles. The maximum atomic E-state index is 13.0. The third kappa shape index (κ3) is 8.01. The molecule has 0 amide bonds. The summed E-state index contributed by atoms with van der Waals surface area (Å²) in [6.45, 7) is 1.08. The number of aliphatic hydroxyl groups excluding tert-OH is 1. The van der Waals surface area contributed by atoms with Crippen molar-refractivity contribution in [3.63, 3.8) is 0 Å². The predicted molar refractivity (Wildman–Crippen MR) is 162 cm³/mol. The average Bonchev–Trinajstić information content (AvgIpc) is 3.49. The normalized spacial score (nSPS) is 12.2. The molecule has 2 heterocycles. The van der Waals surface area contributed by atoms with Crippen LogP contribution in [0, 0.1) is 0 Å². The van der Waals surface area contributed by atoms with Crippen molar-refractivity contribution in [3.8, 4) is 11.4 Å². The summed E-state index contributed by atoms with van der Waals surface area (Å²) in [6.07, 6.45) is 4.73. The van der Waals surface area contributed by atoms with Gasteiger partial charge in [-0.15, -0.1) is 0 Å². The Balaban J connectivity index is 1.11. The van der Waals surface area contributed by atoms with E-state index in [2.05, 4.69) is 25.2 Å². The van der Waals surface area contributed by atoms with Crippen LogP contribution in [0.3, 0.4) is 0 Å². The molecule has 0 fully saturated rings. The number of nitrogens with one attached hydrogen (secondary N) is 2. The van der Waals surface area contributed by atoms with E-state index in [0.717, 1.165) is 29.5 Å². The molecular weight excluding hydrogens is 574 g/mol. The van der Waals surface area contributed by atoms with Crippen LogP contribution in [0.1, 0.15) is 28.7 Å². The SMILES string of the molecule is O=S(=O)(Nc1ccc(CCNCC(O)c2cccnc2)cc1)c1ccc(-c2noc(CCc3ccc(Cl)cc3)n2)cc1. The van der Waals surface area contributed by atoms with Gasteiger partial charge < -0.3 is 14.9 Å². The molecule has 0 aliphatic heterocycles. The highest BCUT2D eigenvalue weighted by Gasteiger charge is 2.16. The molecule has 5 aromatic rings. The van der Waals surface area contributed by atoms with Crippen molar-refractivity contribution in [2.75, 3.05) is 17.8 Å². The van der Waals surface area contributed by atoms with Gasteiger partial charge in [0.2, 0.25) is 11.7 Å². The van der Waals surface area contributed by atoms with Crippen LogP contribution in [-0.4, -0.2) is 41.7 Å². The number of halogens is 1. The van der Waals surface area contributed by atoms with Crippen LogP contribution in [-0.2, 0) is 29.3 Å². The topological polar surface area (TPSA) is 130 Å². The van der Waals surface area contributed by atoms with Crippen LogP contribution in [0.15, 0.2) is 107 Å². The van der Waals surface area contributed by atoms with Gasteiger partial charge in [-0.1, -0.05) is 47.1 Å². The van der Waals surface area contributed by atoms with Gasteiger partial charge in [0.25, 0.3) is 10.0 Å². The van der Waals surface area contributed by atoms with E-state index in [9.17, 15) is 13.5 Å². The summed E-state index contributed by atoms with van der Waals surface area (Å²) in [4.78, 5) is 8.58. The first-order valence-electron chi connectivity index (χ1n) is 13.4. The van der Waals surface area contributed by atoms with Gasteiger partial charge in [-0.25, -0.2) is 8.42 Å². The molecule has 0 bridgehead atoms. The summed E-state index contributed by atoms with van der Waals surface area (Å²) in [5.41, 5.74) is 4.04. The first-order chi connectivity index (χ1) is 20.4. The maximum absolute atomic E-state index is 13.0. The molecule has 2 aromatic heterocycles. The highest BCUT2D eigenvalue weighted by molar-refractivity contribution is 7.92. The highest BCUT2D eigenvalue weighted by atomic mass is 35.5. The summed E-state index contributed by atoms with van der Waals surface area (Å²) >= 11 is 5.93. The summed E-state index contributed by atoms with van der Waals surface area (Å²) in [5.74, 6) is 0.898. The number of aryl methyl sites for hydroxylation is 2. The number of hydrogen-bond acceptors (Lipinski definition) is 8. The van der Waals surface area contributed by atoms with E-state index in [-0.39, 0.29) is 4.90 Å². The minimum atomic E-state index is -3.79. The lowest BCUT2D eigenvalue weighted by Crippen LogP contribution is -2.23. The molecule has 1 atom stereocenters. The zero-order chi connectivity index (χ0) is 29.4. The first kappa shape index (κ1) is 29.4. The van der Waals surface area contributed by atoms with Crippen molar-refractivity contribution in [1.82, 2.24) is 20.4 Å². The number of anilines is 1. The van der Waals surface area contributed by atoms with Gasteiger partial charge >= 0.3 is 0 Å². The third-order valence-corrected chi connectivity index (χ3v) is 8.28. The van der Waals surface area contributed by atoms with Crippen molar-refractivity contribution in [2.45, 2.75) is 30.3 Å². The Morgan fingerprint density at radius 1 is 0.881 bits per heavy atom. The molecule has 3 N–H and O–H groups in total. The summed E-state index contributed by atoms with van der Waals surface area (Å²) in [6, 6.07) is 24.8. The van der Waals surface area contributed by atoms with E-state index in [4.69, 9.17) is 16.1 Å². The number of sulfonamides is 1. The van der Waals surface area contributed by atoms with Crippen molar-refractivity contribution < 1.29 is 18.0 Å². The Morgan fingerprint density at radius 3 is 2.31 bits per heavy atom. The Kier molecular flexibility index (Phi) is 9.60. The van der Waals surface area contributed by atoms with E-state index in [1.165, 1.54) is 12.1 Å². The van der Waals surface area contributed by atoms with Crippen molar-refractivity contribution in [3.05, 3.63) is 125 Å². The molecule has 11 heteroatoms. The number of nitrogens with zero attached hydrogens (tertiary/aromatic N) is 3. The van der Waals surface area contributed by atoms with Crippen LogP contribution < -0.4 is 10.0 Å². The monoisotopic (exact) mass is 603 g/mol. The smallest absolute Gasteiger partial charge is 0.261 e. The molecule has 0 saturated carbocycles. The van der Waals surface area contributed by atoms with Crippen LogP contribution in [0.2, 0.25) is 5.02 Å². The van der Waals surface area contributed by atoms with Gasteiger partial charge in [-0.3, -0.25) is 9.71 Å². The Hall–Kier alpha value is -4.09. The maximum Gasteiger partial charge on any atom is 0.261 e. The van der Waals surface area contributed by atoms with E-state index < -0.39 is 16.1 Å². The molecule has 3 aromatic carbocycles. The summed E-state index contributed by atoms with van der Waals surface area (Å²) in [7, 11) is -3.79. The van der Waals surface area contributed by atoms with Crippen LogP contribution >= 0.6 is 11.6 Å². The second kappa shape index (κ2) is 13.7. The lowest BCUT2D eigenvalue weighted by atomic mass is 10.1. The largest absolute Gasteiger partial charge is 0.387 e. The Labute approximate surface area is 249 Å². The molecule has 0 aliphatic rings. The number of benzene rings is 3. The Morgan fingerprint density at radius 2 is 1.60 bits per heavy atom. The Bertz CT molecular complexity index is 1680. The molecule has 0 radical (unpaired) electrons.